The van der Waals surface area contributed by atoms with E-state index in [1.807, 2.05) is 19.9 Å². The lowest BCUT2D eigenvalue weighted by Crippen LogP contribution is -2.37. The first-order valence-electron chi connectivity index (χ1n) is 8.60. The molecule has 0 aliphatic carbocycles. The van der Waals surface area contributed by atoms with Gasteiger partial charge in [0.15, 0.2) is 0 Å². The number of benzene rings is 2. The third-order valence-corrected chi connectivity index (χ3v) is 6.12. The molecule has 0 atom stereocenters. The molecule has 0 bridgehead atoms. The average Bonchev–Trinajstić information content (AvgIpc) is 3.06. The molecule has 2 aromatic carbocycles. The van der Waals surface area contributed by atoms with E-state index in [2.05, 4.69) is 0 Å². The van der Waals surface area contributed by atoms with E-state index in [1.165, 1.54) is 17.0 Å². The molecular formula is C21H16Cl3NO3S. The van der Waals surface area contributed by atoms with E-state index in [1.54, 1.807) is 30.3 Å². The molecule has 8 heteroatoms. The molecule has 0 spiro atoms. The number of anilines is 1. The first-order chi connectivity index (χ1) is 13.7. The number of rotatable bonds is 5. The third-order valence-electron chi connectivity index (χ3n) is 4.17. The number of carbonyl (C=O) groups excluding carboxylic acids is 1. The van der Waals surface area contributed by atoms with Gasteiger partial charge >= 0.3 is 5.97 Å². The van der Waals surface area contributed by atoms with Crippen LogP contribution >= 0.6 is 46.1 Å². The molecule has 3 aromatic rings. The summed E-state index contributed by atoms with van der Waals surface area (Å²) >= 11 is 19.3. The summed E-state index contributed by atoms with van der Waals surface area (Å²) in [7, 11) is 0. The summed E-state index contributed by atoms with van der Waals surface area (Å²) < 4.78 is 0. The summed E-state index contributed by atoms with van der Waals surface area (Å²) in [6, 6.07) is 13.1. The number of aromatic carboxylic acids is 1. The number of hydrogen-bond donors (Lipinski definition) is 1. The highest BCUT2D eigenvalue weighted by molar-refractivity contribution is 7.18. The molecular weight excluding hydrogens is 453 g/mol. The number of thiophene rings is 1. The van der Waals surface area contributed by atoms with Crippen LogP contribution in [0.15, 0.2) is 48.5 Å². The predicted molar refractivity (Wildman–Crippen MR) is 120 cm³/mol. The van der Waals surface area contributed by atoms with Crippen molar-refractivity contribution < 1.29 is 14.7 Å². The van der Waals surface area contributed by atoms with Crippen molar-refractivity contribution in [3.63, 3.8) is 0 Å². The van der Waals surface area contributed by atoms with Crippen molar-refractivity contribution in [2.75, 3.05) is 4.90 Å². The second-order valence-electron chi connectivity index (χ2n) is 6.53. The van der Waals surface area contributed by atoms with Gasteiger partial charge < -0.3 is 10.0 Å². The molecule has 29 heavy (non-hydrogen) atoms. The Morgan fingerprint density at radius 1 is 1.00 bits per heavy atom. The van der Waals surface area contributed by atoms with Gasteiger partial charge in [-0.2, -0.15) is 0 Å². The number of nitrogens with zero attached hydrogens (tertiary/aromatic N) is 1. The van der Waals surface area contributed by atoms with Crippen LogP contribution < -0.4 is 4.90 Å². The van der Waals surface area contributed by atoms with E-state index < -0.39 is 11.9 Å². The quantitative estimate of drug-likeness (QED) is 0.433. The largest absolute Gasteiger partial charge is 0.477 e. The van der Waals surface area contributed by atoms with Crippen molar-refractivity contribution in [2.45, 2.75) is 19.9 Å². The molecule has 1 amide bonds. The van der Waals surface area contributed by atoms with E-state index in [0.717, 1.165) is 16.9 Å². The molecule has 0 unspecified atom stereocenters. The second-order valence-corrected chi connectivity index (χ2v) is 8.87. The normalized spacial score (nSPS) is 11.0. The van der Waals surface area contributed by atoms with Crippen LogP contribution in [0.3, 0.4) is 0 Å². The Labute approximate surface area is 187 Å². The molecule has 0 aliphatic rings. The van der Waals surface area contributed by atoms with Crippen LogP contribution in [-0.2, 0) is 0 Å². The smallest absolute Gasteiger partial charge is 0.348 e. The van der Waals surface area contributed by atoms with Gasteiger partial charge in [-0.3, -0.25) is 4.79 Å². The average molecular weight is 469 g/mol. The maximum absolute atomic E-state index is 13.3. The summed E-state index contributed by atoms with van der Waals surface area (Å²) in [4.78, 5) is 27.4. The van der Waals surface area contributed by atoms with Crippen molar-refractivity contribution in [3.05, 3.63) is 74.0 Å². The third kappa shape index (κ3) is 4.59. The summed E-state index contributed by atoms with van der Waals surface area (Å²) in [5, 5.41) is 10.9. The van der Waals surface area contributed by atoms with Gasteiger partial charge in [-0.1, -0.05) is 46.9 Å². The number of carboxylic acids is 1. The summed E-state index contributed by atoms with van der Waals surface area (Å²) in [5.41, 5.74) is 1.33. The topological polar surface area (TPSA) is 57.6 Å². The van der Waals surface area contributed by atoms with Gasteiger partial charge in [-0.25, -0.2) is 4.79 Å². The standard InChI is InChI=1S/C21H16Cl3NO3S/c1-11(2)25(20(26)15-7-6-14(23)9-16(15)24)17-10-18(29-19(17)21(27)28)12-4-3-5-13(22)8-12/h3-11H,1-2H3,(H,27,28). The highest BCUT2D eigenvalue weighted by Crippen LogP contribution is 2.39. The number of hydrogen-bond acceptors (Lipinski definition) is 3. The molecule has 1 N–H and O–H groups in total. The minimum absolute atomic E-state index is 0.0621. The van der Waals surface area contributed by atoms with Crippen molar-refractivity contribution in [2.24, 2.45) is 0 Å². The lowest BCUT2D eigenvalue weighted by molar-refractivity contribution is 0.0703. The zero-order valence-electron chi connectivity index (χ0n) is 15.4. The van der Waals surface area contributed by atoms with E-state index in [0.29, 0.717) is 20.6 Å². The monoisotopic (exact) mass is 467 g/mol. The highest BCUT2D eigenvalue weighted by Gasteiger charge is 2.29. The molecule has 4 nitrogen and oxygen atoms in total. The fourth-order valence-electron chi connectivity index (χ4n) is 2.91. The van der Waals surface area contributed by atoms with Crippen molar-refractivity contribution in [1.82, 2.24) is 0 Å². The Morgan fingerprint density at radius 2 is 1.69 bits per heavy atom. The maximum atomic E-state index is 13.3. The lowest BCUT2D eigenvalue weighted by Gasteiger charge is -2.27. The Bertz CT molecular complexity index is 1090. The highest BCUT2D eigenvalue weighted by atomic mass is 35.5. The van der Waals surface area contributed by atoms with Crippen LogP contribution in [0.4, 0.5) is 5.69 Å². The predicted octanol–water partition coefficient (Wildman–Crippen LogP) is 7.13. The van der Waals surface area contributed by atoms with Gasteiger partial charge in [-0.15, -0.1) is 11.3 Å². The zero-order chi connectivity index (χ0) is 21.3. The summed E-state index contributed by atoms with van der Waals surface area (Å²) in [5.74, 6) is -1.52. The van der Waals surface area contributed by atoms with Crippen LogP contribution in [-0.4, -0.2) is 23.0 Å². The van der Waals surface area contributed by atoms with Crippen LogP contribution in [0.1, 0.15) is 33.9 Å². The van der Waals surface area contributed by atoms with Crippen LogP contribution in [0, 0.1) is 0 Å². The molecule has 0 saturated carbocycles. The number of amides is 1. The van der Waals surface area contributed by atoms with E-state index in [4.69, 9.17) is 34.8 Å². The van der Waals surface area contributed by atoms with Gasteiger partial charge in [0, 0.05) is 21.0 Å². The Hall–Kier alpha value is -2.05. The Morgan fingerprint density at radius 3 is 2.28 bits per heavy atom. The molecule has 0 saturated heterocycles. The lowest BCUT2D eigenvalue weighted by atomic mass is 10.1. The maximum Gasteiger partial charge on any atom is 0.348 e. The van der Waals surface area contributed by atoms with Gasteiger partial charge in [-0.05, 0) is 55.8 Å². The minimum Gasteiger partial charge on any atom is -0.477 e. The van der Waals surface area contributed by atoms with Crippen molar-refractivity contribution in [3.8, 4) is 10.4 Å². The van der Waals surface area contributed by atoms with E-state index in [-0.39, 0.29) is 21.5 Å². The zero-order valence-corrected chi connectivity index (χ0v) is 18.5. The van der Waals surface area contributed by atoms with Gasteiger partial charge in [0.05, 0.1) is 16.3 Å². The summed E-state index contributed by atoms with van der Waals surface area (Å²) in [6.07, 6.45) is 0. The molecule has 150 valence electrons. The first kappa shape index (κ1) is 21.7. The molecule has 1 aromatic heterocycles. The SMILES string of the molecule is CC(C)N(C(=O)c1ccc(Cl)cc1Cl)c1cc(-c2cccc(Cl)c2)sc1C(=O)O. The van der Waals surface area contributed by atoms with Crippen LogP contribution in [0.25, 0.3) is 10.4 Å². The van der Waals surface area contributed by atoms with E-state index in [9.17, 15) is 14.7 Å². The fraction of sp³-hybridized carbons (Fsp3) is 0.143. The van der Waals surface area contributed by atoms with Crippen molar-refractivity contribution >= 4 is 63.7 Å². The Balaban J connectivity index is 2.14. The molecule has 0 fully saturated rings. The van der Waals surface area contributed by atoms with Gasteiger partial charge in [0.2, 0.25) is 0 Å². The van der Waals surface area contributed by atoms with E-state index >= 15 is 0 Å². The van der Waals surface area contributed by atoms with Gasteiger partial charge in [0.25, 0.3) is 5.91 Å². The number of carboxylic acid groups (broad SMARTS) is 1. The molecule has 3 rings (SSSR count). The first-order valence-corrected chi connectivity index (χ1v) is 10.6. The fourth-order valence-corrected chi connectivity index (χ4v) is 4.58. The number of carbonyl (C=O) groups is 2. The second kappa shape index (κ2) is 8.76. The molecule has 0 radical (unpaired) electrons. The van der Waals surface area contributed by atoms with Crippen molar-refractivity contribution in [1.29, 1.82) is 0 Å². The number of halogens is 3. The molecule has 0 aliphatic heterocycles. The van der Waals surface area contributed by atoms with Crippen LogP contribution in [0.2, 0.25) is 15.1 Å². The summed E-state index contributed by atoms with van der Waals surface area (Å²) in [6.45, 7) is 3.62. The van der Waals surface area contributed by atoms with Gasteiger partial charge in [0.1, 0.15) is 4.88 Å². The molecule has 1 heterocycles. The Kier molecular flexibility index (Phi) is 6.54. The van der Waals surface area contributed by atoms with Crippen LogP contribution in [0.5, 0.6) is 0 Å². The minimum atomic E-state index is -1.11.